The number of nitrogens with zero attached hydrogens (tertiary/aromatic N) is 3. The molecule has 0 radical (unpaired) electrons. The Bertz CT molecular complexity index is 892. The Morgan fingerprint density at radius 1 is 1.25 bits per heavy atom. The maximum absolute atomic E-state index is 11.1. The van der Waals surface area contributed by atoms with Gasteiger partial charge in [0.05, 0.1) is 11.8 Å². The fourth-order valence-electron chi connectivity index (χ4n) is 2.40. The molecule has 0 atom stereocenters. The van der Waals surface area contributed by atoms with Crippen LogP contribution in [0.1, 0.15) is 21.5 Å². The number of rotatable bonds is 5. The molecule has 0 saturated heterocycles. The number of hydrogen-bond acceptors (Lipinski definition) is 4. The van der Waals surface area contributed by atoms with Crippen molar-refractivity contribution in [3.05, 3.63) is 65.5 Å². The van der Waals surface area contributed by atoms with Gasteiger partial charge in [0.1, 0.15) is 14.5 Å². The minimum atomic E-state index is -1.01. The largest absolute Gasteiger partial charge is 0.478 e. The maximum Gasteiger partial charge on any atom is 0.335 e. The normalized spacial score (nSPS) is 10.5. The second-order valence-electron chi connectivity index (χ2n) is 5.51. The van der Waals surface area contributed by atoms with E-state index in [0.717, 1.165) is 11.1 Å². The van der Waals surface area contributed by atoms with Crippen molar-refractivity contribution < 1.29 is 14.6 Å². The summed E-state index contributed by atoms with van der Waals surface area (Å²) in [7, 11) is 2.05. The maximum atomic E-state index is 11.1. The highest BCUT2D eigenvalue weighted by atomic mass is 16.5. The van der Waals surface area contributed by atoms with Crippen LogP contribution in [-0.2, 0) is 6.61 Å². The summed E-state index contributed by atoms with van der Waals surface area (Å²) in [4.78, 5) is 15.3. The summed E-state index contributed by atoms with van der Waals surface area (Å²) in [6, 6.07) is 10.8. The summed E-state index contributed by atoms with van der Waals surface area (Å²) in [5.74, 6) is -0.107. The van der Waals surface area contributed by atoms with Crippen molar-refractivity contribution in [2.24, 2.45) is 0 Å². The first kappa shape index (κ1) is 15.8. The van der Waals surface area contributed by atoms with E-state index in [-0.39, 0.29) is 5.56 Å². The molecule has 6 nitrogen and oxygen atoms in total. The second-order valence-corrected chi connectivity index (χ2v) is 5.51. The molecular formula is C17H16BN3O3. The number of aryl methyl sites for hydroxylation is 1. The number of ether oxygens (including phenoxy) is 1. The van der Waals surface area contributed by atoms with Gasteiger partial charge in [0.15, 0.2) is 5.82 Å². The van der Waals surface area contributed by atoms with Crippen LogP contribution in [0.2, 0.25) is 0 Å². The van der Waals surface area contributed by atoms with Crippen molar-refractivity contribution >= 4 is 19.3 Å². The van der Waals surface area contributed by atoms with E-state index in [0.29, 0.717) is 18.3 Å². The van der Waals surface area contributed by atoms with E-state index in [1.54, 1.807) is 12.3 Å². The number of aromatic carboxylic acids is 1. The van der Waals surface area contributed by atoms with Crippen molar-refractivity contribution in [2.45, 2.75) is 13.5 Å². The third-order valence-corrected chi connectivity index (χ3v) is 3.69. The molecule has 0 spiro atoms. The number of pyridine rings is 1. The second kappa shape index (κ2) is 6.58. The van der Waals surface area contributed by atoms with Crippen LogP contribution < -0.4 is 10.2 Å². The Balaban J connectivity index is 1.83. The smallest absolute Gasteiger partial charge is 0.335 e. The van der Waals surface area contributed by atoms with E-state index in [1.165, 1.54) is 28.5 Å². The quantitative estimate of drug-likeness (QED) is 0.713. The van der Waals surface area contributed by atoms with Crippen LogP contribution in [0, 0.1) is 6.92 Å². The van der Waals surface area contributed by atoms with Gasteiger partial charge in [0.25, 0.3) is 0 Å². The molecule has 24 heavy (non-hydrogen) atoms. The first-order valence-electron chi connectivity index (χ1n) is 7.47. The molecule has 7 heteroatoms. The molecule has 0 aliphatic heterocycles. The summed E-state index contributed by atoms with van der Waals surface area (Å²) < 4.78 is 7.33. The minimum absolute atomic E-state index is 0.149. The highest BCUT2D eigenvalue weighted by Crippen LogP contribution is 2.18. The average molecular weight is 321 g/mol. The molecule has 0 aliphatic rings. The van der Waals surface area contributed by atoms with E-state index in [2.05, 4.69) is 16.1 Å². The highest BCUT2D eigenvalue weighted by molar-refractivity contribution is 6.32. The first-order chi connectivity index (χ1) is 11.5. The van der Waals surface area contributed by atoms with E-state index >= 15 is 0 Å². The Kier molecular flexibility index (Phi) is 4.33. The lowest BCUT2D eigenvalue weighted by Crippen LogP contribution is -2.09. The molecule has 0 saturated carbocycles. The molecule has 2 aromatic heterocycles. The zero-order valence-corrected chi connectivity index (χ0v) is 13.4. The van der Waals surface area contributed by atoms with Crippen molar-refractivity contribution in [2.75, 3.05) is 0 Å². The van der Waals surface area contributed by atoms with Gasteiger partial charge in [-0.1, -0.05) is 23.7 Å². The van der Waals surface area contributed by atoms with Crippen LogP contribution in [-0.4, -0.2) is 33.7 Å². The van der Waals surface area contributed by atoms with Gasteiger partial charge >= 0.3 is 5.97 Å². The molecular weight excluding hydrogens is 305 g/mol. The van der Waals surface area contributed by atoms with Crippen molar-refractivity contribution in [1.82, 2.24) is 14.8 Å². The Morgan fingerprint density at radius 2 is 2.08 bits per heavy atom. The monoisotopic (exact) mass is 321 g/mol. The molecule has 1 N–H and O–H groups in total. The molecule has 0 aliphatic carbocycles. The van der Waals surface area contributed by atoms with Crippen molar-refractivity contribution in [3.63, 3.8) is 0 Å². The molecule has 1 aromatic carbocycles. The van der Waals surface area contributed by atoms with Gasteiger partial charge < -0.3 is 9.84 Å². The molecule has 3 aromatic rings. The van der Waals surface area contributed by atoms with Gasteiger partial charge in [-0.2, -0.15) is 9.78 Å². The number of benzene rings is 1. The topological polar surface area (TPSA) is 77.2 Å². The van der Waals surface area contributed by atoms with Crippen LogP contribution in [0.4, 0.5) is 0 Å². The summed E-state index contributed by atoms with van der Waals surface area (Å²) in [6.45, 7) is 2.44. The third kappa shape index (κ3) is 3.30. The average Bonchev–Trinajstić information content (AvgIpc) is 3.02. The van der Waals surface area contributed by atoms with Gasteiger partial charge in [-0.3, -0.25) is 0 Å². The van der Waals surface area contributed by atoms with Crippen molar-refractivity contribution in [3.8, 4) is 11.7 Å². The van der Waals surface area contributed by atoms with Crippen LogP contribution in [0.25, 0.3) is 5.82 Å². The van der Waals surface area contributed by atoms with Crippen LogP contribution in [0.3, 0.4) is 0 Å². The molecule has 120 valence electrons. The SMILES string of the molecule is Bc1ccc(COc2ccnn2-c2cc(C(=O)O)ccn2)c(C)c1. The number of carbonyl (C=O) groups is 1. The highest BCUT2D eigenvalue weighted by Gasteiger charge is 2.11. The van der Waals surface area contributed by atoms with E-state index < -0.39 is 5.97 Å². The number of hydrogen-bond donors (Lipinski definition) is 1. The van der Waals surface area contributed by atoms with Gasteiger partial charge in [-0.05, 0) is 30.2 Å². The van der Waals surface area contributed by atoms with Gasteiger partial charge in [-0.25, -0.2) is 9.78 Å². The lowest BCUT2D eigenvalue weighted by Gasteiger charge is -2.11. The fourth-order valence-corrected chi connectivity index (χ4v) is 2.40. The predicted octanol–water partition coefficient (Wildman–Crippen LogP) is 1.11. The minimum Gasteiger partial charge on any atom is -0.478 e. The summed E-state index contributed by atoms with van der Waals surface area (Å²) in [5, 5.41) is 13.3. The number of carboxylic acid groups (broad SMARTS) is 1. The molecule has 0 unspecified atom stereocenters. The Hall–Kier alpha value is -3.09. The van der Waals surface area contributed by atoms with E-state index in [4.69, 9.17) is 9.84 Å². The molecule has 3 rings (SSSR count). The fraction of sp³-hybridized carbons (Fsp3) is 0.118. The molecule has 0 fully saturated rings. The van der Waals surface area contributed by atoms with Crippen LogP contribution in [0.5, 0.6) is 5.88 Å². The predicted molar refractivity (Wildman–Crippen MR) is 92.0 cm³/mol. The van der Waals surface area contributed by atoms with E-state index in [1.807, 2.05) is 26.9 Å². The van der Waals surface area contributed by atoms with Crippen LogP contribution >= 0.6 is 0 Å². The van der Waals surface area contributed by atoms with Gasteiger partial charge in [0.2, 0.25) is 5.88 Å². The summed E-state index contributed by atoms with van der Waals surface area (Å²) >= 11 is 0. The standard InChI is InChI=1S/C17H16BN3O3/c1-11-8-14(18)3-2-13(11)10-24-16-5-7-20-21(16)15-9-12(17(22)23)4-6-19-15/h2-9H,10,18H2,1H3,(H,22,23). The molecule has 2 heterocycles. The van der Waals surface area contributed by atoms with Gasteiger partial charge in [0, 0.05) is 12.3 Å². The van der Waals surface area contributed by atoms with Crippen molar-refractivity contribution in [1.29, 1.82) is 0 Å². The lowest BCUT2D eigenvalue weighted by atomic mass is 9.93. The molecule has 0 amide bonds. The number of carboxylic acids is 1. The Morgan fingerprint density at radius 3 is 2.83 bits per heavy atom. The zero-order valence-electron chi connectivity index (χ0n) is 13.4. The van der Waals surface area contributed by atoms with Gasteiger partial charge in [-0.15, -0.1) is 0 Å². The van der Waals surface area contributed by atoms with Crippen LogP contribution in [0.15, 0.2) is 48.8 Å². The molecule has 0 bridgehead atoms. The first-order valence-corrected chi connectivity index (χ1v) is 7.47. The lowest BCUT2D eigenvalue weighted by molar-refractivity contribution is 0.0696. The summed E-state index contributed by atoms with van der Waals surface area (Å²) in [5.41, 5.74) is 3.60. The Labute approximate surface area is 140 Å². The summed E-state index contributed by atoms with van der Waals surface area (Å²) in [6.07, 6.45) is 3.03. The zero-order chi connectivity index (χ0) is 17.1. The third-order valence-electron chi connectivity index (χ3n) is 3.69. The van der Waals surface area contributed by atoms with E-state index in [9.17, 15) is 4.79 Å². The number of aromatic nitrogens is 3.